The van der Waals surface area contributed by atoms with E-state index in [4.69, 9.17) is 25.8 Å². The Morgan fingerprint density at radius 2 is 1.85 bits per heavy atom. The number of hydrogen-bond donors (Lipinski definition) is 0. The maximum absolute atomic E-state index is 12.8. The molecule has 2 rings (SSSR count). The first-order chi connectivity index (χ1) is 12.3. The van der Waals surface area contributed by atoms with Gasteiger partial charge in [0.1, 0.15) is 11.1 Å². The van der Waals surface area contributed by atoms with Crippen molar-refractivity contribution >= 4 is 29.5 Å². The van der Waals surface area contributed by atoms with Gasteiger partial charge in [0.05, 0.1) is 32.8 Å². The third kappa shape index (κ3) is 3.09. The normalized spacial score (nSPS) is 16.6. The summed E-state index contributed by atoms with van der Waals surface area (Å²) in [5.74, 6) is -2.87. The Labute approximate surface area is 155 Å². The summed E-state index contributed by atoms with van der Waals surface area (Å²) >= 11 is 6.27. The Morgan fingerprint density at radius 3 is 2.35 bits per heavy atom. The second-order valence-corrected chi connectivity index (χ2v) is 6.16. The molecule has 0 saturated heterocycles. The van der Waals surface area contributed by atoms with Crippen molar-refractivity contribution in [1.29, 1.82) is 0 Å². The van der Waals surface area contributed by atoms with Crippen molar-refractivity contribution in [2.45, 2.75) is 38.1 Å². The smallest absolute Gasteiger partial charge is 0.340 e. The van der Waals surface area contributed by atoms with Crippen LogP contribution in [0.2, 0.25) is 5.02 Å². The molecule has 0 amide bonds. The fraction of sp³-hybridized carbons (Fsp3) is 0.529. The van der Waals surface area contributed by atoms with E-state index in [0.29, 0.717) is 5.69 Å². The van der Waals surface area contributed by atoms with Gasteiger partial charge in [-0.25, -0.2) is 9.59 Å². The van der Waals surface area contributed by atoms with Gasteiger partial charge in [0.25, 0.3) is 5.56 Å². The van der Waals surface area contributed by atoms with Crippen LogP contribution in [0, 0.1) is 0 Å². The fourth-order valence-electron chi connectivity index (χ4n) is 3.35. The number of hydrogen-bond acceptors (Lipinski definition) is 7. The van der Waals surface area contributed by atoms with Gasteiger partial charge in [0.15, 0.2) is 0 Å². The highest BCUT2D eigenvalue weighted by atomic mass is 35.5. The summed E-state index contributed by atoms with van der Waals surface area (Å²) in [6.07, 6.45) is 0.807. The van der Waals surface area contributed by atoms with Crippen LogP contribution in [-0.2, 0) is 30.2 Å². The SMILES string of the molecule is CCC(C(=O)OC)c1c(C(=O)OC)c2n(c(=O)c1Cl)C(C(=O)OC)CC2. The van der Waals surface area contributed by atoms with E-state index in [-0.39, 0.29) is 35.4 Å². The minimum Gasteiger partial charge on any atom is -0.469 e. The van der Waals surface area contributed by atoms with Crippen molar-refractivity contribution in [3.63, 3.8) is 0 Å². The summed E-state index contributed by atoms with van der Waals surface area (Å²) in [5, 5.41) is -0.304. The summed E-state index contributed by atoms with van der Waals surface area (Å²) in [4.78, 5) is 49.5. The monoisotopic (exact) mass is 385 g/mol. The minimum absolute atomic E-state index is 0.0285. The van der Waals surface area contributed by atoms with Crippen LogP contribution in [0.25, 0.3) is 0 Å². The molecule has 2 unspecified atom stereocenters. The van der Waals surface area contributed by atoms with Crippen molar-refractivity contribution in [2.75, 3.05) is 21.3 Å². The molecular weight excluding hydrogens is 366 g/mol. The number of ether oxygens (including phenoxy) is 3. The summed E-state index contributed by atoms with van der Waals surface area (Å²) in [6.45, 7) is 1.71. The maximum Gasteiger partial charge on any atom is 0.340 e. The number of aromatic nitrogens is 1. The highest BCUT2D eigenvalue weighted by Crippen LogP contribution is 2.36. The summed E-state index contributed by atoms with van der Waals surface area (Å²) in [7, 11) is 3.62. The van der Waals surface area contributed by atoms with E-state index in [2.05, 4.69) is 0 Å². The van der Waals surface area contributed by atoms with Crippen LogP contribution in [0.5, 0.6) is 0 Å². The van der Waals surface area contributed by atoms with Crippen molar-refractivity contribution in [1.82, 2.24) is 4.57 Å². The summed E-state index contributed by atoms with van der Waals surface area (Å²) < 4.78 is 15.5. The molecule has 1 aromatic heterocycles. The van der Waals surface area contributed by atoms with Gasteiger partial charge in [-0.15, -0.1) is 0 Å². The first-order valence-electron chi connectivity index (χ1n) is 8.04. The average molecular weight is 386 g/mol. The number of esters is 3. The van der Waals surface area contributed by atoms with Gasteiger partial charge in [0.2, 0.25) is 0 Å². The number of methoxy groups -OCH3 is 3. The number of pyridine rings is 1. The lowest BCUT2D eigenvalue weighted by molar-refractivity contribution is -0.144. The Bertz CT molecular complexity index is 814. The van der Waals surface area contributed by atoms with Gasteiger partial charge < -0.3 is 14.2 Å². The molecule has 0 bridgehead atoms. The predicted molar refractivity (Wildman–Crippen MR) is 91.5 cm³/mol. The molecule has 0 aliphatic carbocycles. The van der Waals surface area contributed by atoms with Gasteiger partial charge in [0, 0.05) is 11.3 Å². The first-order valence-corrected chi connectivity index (χ1v) is 8.42. The predicted octanol–water partition coefficient (Wildman–Crippen LogP) is 1.62. The highest BCUT2D eigenvalue weighted by Gasteiger charge is 2.39. The molecule has 0 radical (unpaired) electrons. The zero-order valence-corrected chi connectivity index (χ0v) is 15.7. The first kappa shape index (κ1) is 20.0. The summed E-state index contributed by atoms with van der Waals surface area (Å²) in [5.41, 5.74) is -0.242. The van der Waals surface area contributed by atoms with E-state index >= 15 is 0 Å². The molecule has 9 heteroatoms. The van der Waals surface area contributed by atoms with Gasteiger partial charge in [-0.1, -0.05) is 18.5 Å². The lowest BCUT2D eigenvalue weighted by Gasteiger charge is -2.21. The van der Waals surface area contributed by atoms with Crippen molar-refractivity contribution < 1.29 is 28.6 Å². The molecule has 0 saturated carbocycles. The molecule has 2 heterocycles. The molecule has 1 aliphatic heterocycles. The zero-order valence-electron chi connectivity index (χ0n) is 15.0. The molecule has 0 aromatic carbocycles. The molecule has 0 N–H and O–H groups in total. The van der Waals surface area contributed by atoms with Gasteiger partial charge in [-0.3, -0.25) is 14.2 Å². The molecule has 26 heavy (non-hydrogen) atoms. The second-order valence-electron chi connectivity index (χ2n) is 5.78. The Balaban J connectivity index is 2.86. The van der Waals surface area contributed by atoms with E-state index in [9.17, 15) is 19.2 Å². The topological polar surface area (TPSA) is 101 Å². The van der Waals surface area contributed by atoms with E-state index in [1.54, 1.807) is 6.92 Å². The number of halogens is 1. The van der Waals surface area contributed by atoms with Crippen LogP contribution in [0.3, 0.4) is 0 Å². The van der Waals surface area contributed by atoms with E-state index < -0.39 is 35.4 Å². The van der Waals surface area contributed by atoms with Crippen molar-refractivity contribution in [3.8, 4) is 0 Å². The third-order valence-electron chi connectivity index (χ3n) is 4.56. The lowest BCUT2D eigenvalue weighted by Crippen LogP contribution is -2.33. The fourth-order valence-corrected chi connectivity index (χ4v) is 3.67. The van der Waals surface area contributed by atoms with Crippen LogP contribution >= 0.6 is 11.6 Å². The Morgan fingerprint density at radius 1 is 1.19 bits per heavy atom. The Kier molecular flexibility index (Phi) is 6.07. The third-order valence-corrected chi connectivity index (χ3v) is 4.93. The van der Waals surface area contributed by atoms with Crippen LogP contribution in [0.1, 0.15) is 53.3 Å². The molecule has 0 spiro atoms. The zero-order chi connectivity index (χ0) is 19.6. The summed E-state index contributed by atoms with van der Waals surface area (Å²) in [6, 6.07) is -0.879. The van der Waals surface area contributed by atoms with E-state index in [1.165, 1.54) is 21.3 Å². The largest absolute Gasteiger partial charge is 0.469 e. The van der Waals surface area contributed by atoms with Gasteiger partial charge in [-0.2, -0.15) is 0 Å². The number of carbonyl (C=O) groups excluding carboxylic acids is 3. The van der Waals surface area contributed by atoms with Gasteiger partial charge in [-0.05, 0) is 19.3 Å². The molecule has 142 valence electrons. The molecule has 8 nitrogen and oxygen atoms in total. The molecule has 0 fully saturated rings. The minimum atomic E-state index is -0.905. The van der Waals surface area contributed by atoms with Gasteiger partial charge >= 0.3 is 17.9 Å². The maximum atomic E-state index is 12.8. The highest BCUT2D eigenvalue weighted by molar-refractivity contribution is 6.32. The van der Waals surface area contributed by atoms with Crippen LogP contribution in [-0.4, -0.2) is 43.8 Å². The number of fused-ring (bicyclic) bond motifs is 1. The van der Waals surface area contributed by atoms with Crippen LogP contribution < -0.4 is 5.56 Å². The molecule has 1 aliphatic rings. The average Bonchev–Trinajstić information content (AvgIpc) is 3.09. The molecule has 1 aromatic rings. The van der Waals surface area contributed by atoms with Crippen molar-refractivity contribution in [2.24, 2.45) is 0 Å². The number of carbonyl (C=O) groups is 3. The lowest BCUT2D eigenvalue weighted by atomic mass is 9.91. The molecule has 2 atom stereocenters. The van der Waals surface area contributed by atoms with E-state index in [1.807, 2.05) is 0 Å². The van der Waals surface area contributed by atoms with E-state index in [0.717, 1.165) is 4.57 Å². The second kappa shape index (κ2) is 7.90. The standard InChI is InChI=1S/C17H20ClNO7/c1-5-8(15(21)24-2)11-12(17(23)26-4)9-6-7-10(16(22)25-3)19(9)14(20)13(11)18/h8,10H,5-7H2,1-4H3. The van der Waals surface area contributed by atoms with Crippen LogP contribution in [0.4, 0.5) is 0 Å². The van der Waals surface area contributed by atoms with Crippen molar-refractivity contribution in [3.05, 3.63) is 32.2 Å². The Hall–Kier alpha value is -2.35. The number of nitrogens with zero attached hydrogens (tertiary/aromatic N) is 1. The number of rotatable bonds is 5. The van der Waals surface area contributed by atoms with Crippen LogP contribution in [0.15, 0.2) is 4.79 Å². The quantitative estimate of drug-likeness (QED) is 0.560. The molecular formula is C17H20ClNO7.